The Bertz CT molecular complexity index is 449. The van der Waals surface area contributed by atoms with Crippen LogP contribution >= 0.6 is 0 Å². The van der Waals surface area contributed by atoms with Gasteiger partial charge in [0, 0.05) is 12.6 Å². The lowest BCUT2D eigenvalue weighted by Gasteiger charge is -2.04. The average molecular weight is 199 g/mol. The van der Waals surface area contributed by atoms with Gasteiger partial charge in [-0.25, -0.2) is 9.97 Å². The second-order valence-electron chi connectivity index (χ2n) is 3.36. The molecule has 2 rings (SSSR count). The van der Waals surface area contributed by atoms with Crippen molar-refractivity contribution in [1.82, 2.24) is 9.97 Å². The van der Waals surface area contributed by atoms with E-state index in [1.807, 2.05) is 25.2 Å². The lowest BCUT2D eigenvalue weighted by Crippen LogP contribution is -1.94. The standard InChI is InChI=1S/C12H13N3/c1-9-5-3-4-6-11(9)12-14-7-10(13-2)8-15-12/h3-8,13H,1-2H3. The van der Waals surface area contributed by atoms with Crippen molar-refractivity contribution < 1.29 is 0 Å². The van der Waals surface area contributed by atoms with Gasteiger partial charge in [0.1, 0.15) is 0 Å². The summed E-state index contributed by atoms with van der Waals surface area (Å²) >= 11 is 0. The van der Waals surface area contributed by atoms with Gasteiger partial charge in [-0.1, -0.05) is 24.3 Å². The highest BCUT2D eigenvalue weighted by Gasteiger charge is 2.02. The molecule has 15 heavy (non-hydrogen) atoms. The van der Waals surface area contributed by atoms with Crippen LogP contribution in [0.3, 0.4) is 0 Å². The summed E-state index contributed by atoms with van der Waals surface area (Å²) in [5.74, 6) is 0.770. The maximum absolute atomic E-state index is 4.31. The molecule has 0 radical (unpaired) electrons. The fourth-order valence-electron chi connectivity index (χ4n) is 1.42. The summed E-state index contributed by atoms with van der Waals surface area (Å²) in [5.41, 5.74) is 3.20. The second kappa shape index (κ2) is 4.09. The minimum Gasteiger partial charge on any atom is -0.386 e. The highest BCUT2D eigenvalue weighted by molar-refractivity contribution is 5.60. The molecule has 0 saturated carbocycles. The molecule has 3 nitrogen and oxygen atoms in total. The third-order valence-corrected chi connectivity index (χ3v) is 2.33. The van der Waals surface area contributed by atoms with Crippen LogP contribution in [0.4, 0.5) is 5.69 Å². The molecule has 0 spiro atoms. The first-order valence-corrected chi connectivity index (χ1v) is 4.87. The fourth-order valence-corrected chi connectivity index (χ4v) is 1.42. The summed E-state index contributed by atoms with van der Waals surface area (Å²) in [4.78, 5) is 8.61. The Labute approximate surface area is 89.2 Å². The molecule has 0 bridgehead atoms. The third-order valence-electron chi connectivity index (χ3n) is 2.33. The largest absolute Gasteiger partial charge is 0.386 e. The van der Waals surface area contributed by atoms with Crippen molar-refractivity contribution in [3.05, 3.63) is 42.2 Å². The van der Waals surface area contributed by atoms with Gasteiger partial charge in [0.05, 0.1) is 18.1 Å². The van der Waals surface area contributed by atoms with Gasteiger partial charge in [-0.3, -0.25) is 0 Å². The van der Waals surface area contributed by atoms with Gasteiger partial charge in [0.25, 0.3) is 0 Å². The molecule has 0 unspecified atom stereocenters. The molecule has 3 heteroatoms. The van der Waals surface area contributed by atoms with Crippen LogP contribution in [-0.4, -0.2) is 17.0 Å². The normalized spacial score (nSPS) is 10.0. The Morgan fingerprint density at radius 2 is 1.73 bits per heavy atom. The molecule has 1 N–H and O–H groups in total. The van der Waals surface area contributed by atoms with Crippen LogP contribution in [0, 0.1) is 6.92 Å². The van der Waals surface area contributed by atoms with Crippen molar-refractivity contribution >= 4 is 5.69 Å². The number of hydrogen-bond acceptors (Lipinski definition) is 3. The van der Waals surface area contributed by atoms with Crippen LogP contribution < -0.4 is 5.32 Å². The summed E-state index contributed by atoms with van der Waals surface area (Å²) in [6, 6.07) is 8.10. The van der Waals surface area contributed by atoms with Crippen LogP contribution in [0.25, 0.3) is 11.4 Å². The maximum Gasteiger partial charge on any atom is 0.159 e. The Kier molecular flexibility index (Phi) is 2.63. The Balaban J connectivity index is 2.42. The van der Waals surface area contributed by atoms with Crippen LogP contribution in [-0.2, 0) is 0 Å². The number of hydrogen-bond donors (Lipinski definition) is 1. The summed E-state index contributed by atoms with van der Waals surface area (Å²) < 4.78 is 0. The average Bonchev–Trinajstić information content (AvgIpc) is 2.30. The Morgan fingerprint density at radius 3 is 2.33 bits per heavy atom. The van der Waals surface area contributed by atoms with E-state index >= 15 is 0 Å². The van der Waals surface area contributed by atoms with E-state index in [1.165, 1.54) is 5.56 Å². The second-order valence-corrected chi connectivity index (χ2v) is 3.36. The number of nitrogens with one attached hydrogen (secondary N) is 1. The number of rotatable bonds is 2. The molecule has 2 aromatic rings. The number of nitrogens with zero attached hydrogens (tertiary/aromatic N) is 2. The molecule has 0 aliphatic carbocycles. The van der Waals surface area contributed by atoms with Gasteiger partial charge in [-0.05, 0) is 12.5 Å². The van der Waals surface area contributed by atoms with Crippen LogP contribution in [0.15, 0.2) is 36.7 Å². The number of benzene rings is 1. The molecular formula is C12H13N3. The Morgan fingerprint density at radius 1 is 1.07 bits per heavy atom. The van der Waals surface area contributed by atoms with Crippen LogP contribution in [0.5, 0.6) is 0 Å². The first kappa shape index (κ1) is 9.65. The molecule has 0 saturated heterocycles. The fraction of sp³-hybridized carbons (Fsp3) is 0.167. The minimum absolute atomic E-state index is 0.770. The molecule has 0 aliphatic heterocycles. The molecule has 1 aromatic carbocycles. The molecule has 0 atom stereocenters. The summed E-state index contributed by atoms with van der Waals surface area (Å²) in [6.45, 7) is 2.06. The summed E-state index contributed by atoms with van der Waals surface area (Å²) in [5, 5.41) is 3.00. The van der Waals surface area contributed by atoms with E-state index in [4.69, 9.17) is 0 Å². The summed E-state index contributed by atoms with van der Waals surface area (Å²) in [6.07, 6.45) is 3.57. The molecule has 0 fully saturated rings. The first-order chi connectivity index (χ1) is 7.31. The van der Waals surface area contributed by atoms with E-state index in [0.29, 0.717) is 0 Å². The zero-order valence-corrected chi connectivity index (χ0v) is 8.86. The van der Waals surface area contributed by atoms with Crippen molar-refractivity contribution in [2.24, 2.45) is 0 Å². The molecule has 76 valence electrons. The van der Waals surface area contributed by atoms with E-state index in [0.717, 1.165) is 17.1 Å². The van der Waals surface area contributed by atoms with Crippen molar-refractivity contribution in [2.75, 3.05) is 12.4 Å². The monoisotopic (exact) mass is 199 g/mol. The first-order valence-electron chi connectivity index (χ1n) is 4.87. The molecule has 0 aliphatic rings. The number of anilines is 1. The van der Waals surface area contributed by atoms with Crippen molar-refractivity contribution in [2.45, 2.75) is 6.92 Å². The quantitative estimate of drug-likeness (QED) is 0.807. The lowest BCUT2D eigenvalue weighted by atomic mass is 10.1. The predicted octanol–water partition coefficient (Wildman–Crippen LogP) is 2.49. The van der Waals surface area contributed by atoms with Gasteiger partial charge < -0.3 is 5.32 Å². The van der Waals surface area contributed by atoms with Gasteiger partial charge in [0.2, 0.25) is 0 Å². The molecule has 0 amide bonds. The lowest BCUT2D eigenvalue weighted by molar-refractivity contribution is 1.16. The summed E-state index contributed by atoms with van der Waals surface area (Å²) in [7, 11) is 1.85. The van der Waals surface area contributed by atoms with E-state index in [-0.39, 0.29) is 0 Å². The third kappa shape index (κ3) is 1.96. The van der Waals surface area contributed by atoms with Crippen molar-refractivity contribution in [1.29, 1.82) is 0 Å². The highest BCUT2D eigenvalue weighted by atomic mass is 14.9. The topological polar surface area (TPSA) is 37.8 Å². The van der Waals surface area contributed by atoms with Gasteiger partial charge in [0.15, 0.2) is 5.82 Å². The zero-order chi connectivity index (χ0) is 10.7. The SMILES string of the molecule is CNc1cnc(-c2ccccc2C)nc1. The number of aromatic nitrogens is 2. The minimum atomic E-state index is 0.770. The zero-order valence-electron chi connectivity index (χ0n) is 8.86. The van der Waals surface area contributed by atoms with Gasteiger partial charge in [-0.2, -0.15) is 0 Å². The van der Waals surface area contributed by atoms with Crippen LogP contribution in [0.2, 0.25) is 0 Å². The Hall–Kier alpha value is -1.90. The number of aryl methyl sites for hydroxylation is 1. The smallest absolute Gasteiger partial charge is 0.159 e. The molecule has 1 aromatic heterocycles. The van der Waals surface area contributed by atoms with Gasteiger partial charge in [-0.15, -0.1) is 0 Å². The van der Waals surface area contributed by atoms with Gasteiger partial charge >= 0.3 is 0 Å². The van der Waals surface area contributed by atoms with Crippen molar-refractivity contribution in [3.63, 3.8) is 0 Å². The van der Waals surface area contributed by atoms with E-state index in [2.05, 4.69) is 28.3 Å². The predicted molar refractivity (Wildman–Crippen MR) is 61.8 cm³/mol. The maximum atomic E-state index is 4.31. The molecular weight excluding hydrogens is 186 g/mol. The van der Waals surface area contributed by atoms with Crippen LogP contribution in [0.1, 0.15) is 5.56 Å². The van der Waals surface area contributed by atoms with E-state index < -0.39 is 0 Å². The molecule has 1 heterocycles. The van der Waals surface area contributed by atoms with E-state index in [1.54, 1.807) is 12.4 Å². The van der Waals surface area contributed by atoms with E-state index in [9.17, 15) is 0 Å². The highest BCUT2D eigenvalue weighted by Crippen LogP contribution is 2.19. The van der Waals surface area contributed by atoms with Crippen molar-refractivity contribution in [3.8, 4) is 11.4 Å².